The number of para-hydroxylation sites is 1. The van der Waals surface area contributed by atoms with Gasteiger partial charge in [-0.05, 0) is 30.2 Å². The van der Waals surface area contributed by atoms with Gasteiger partial charge in [-0.25, -0.2) is 9.67 Å². The maximum Gasteiger partial charge on any atom is 0.278 e. The largest absolute Gasteiger partial charge is 0.481 e. The van der Waals surface area contributed by atoms with E-state index in [-0.39, 0.29) is 11.8 Å². The number of hydrogen-bond donors (Lipinski definition) is 0. The van der Waals surface area contributed by atoms with Crippen molar-refractivity contribution in [3.63, 3.8) is 0 Å². The number of carbonyl (C=O) groups excluding carboxylic acids is 1. The normalized spacial score (nSPS) is 10.8. The van der Waals surface area contributed by atoms with Gasteiger partial charge in [-0.15, -0.1) is 0 Å². The summed E-state index contributed by atoms with van der Waals surface area (Å²) in [6, 6.07) is 15.2. The monoisotopic (exact) mass is 350 g/mol. The lowest BCUT2D eigenvalue weighted by molar-refractivity contribution is 0.0987. The van der Waals surface area contributed by atoms with Crippen molar-refractivity contribution >= 4 is 11.6 Å². The van der Waals surface area contributed by atoms with Crippen molar-refractivity contribution in [1.29, 1.82) is 0 Å². The summed E-state index contributed by atoms with van der Waals surface area (Å²) in [7, 11) is 3.27. The summed E-state index contributed by atoms with van der Waals surface area (Å²) in [5.41, 5.74) is 3.00. The van der Waals surface area contributed by atoms with E-state index in [2.05, 4.69) is 23.9 Å². The van der Waals surface area contributed by atoms with Crippen molar-refractivity contribution in [3.05, 3.63) is 66.1 Å². The minimum atomic E-state index is -0.187. The van der Waals surface area contributed by atoms with Crippen molar-refractivity contribution in [2.45, 2.75) is 19.8 Å². The van der Waals surface area contributed by atoms with Crippen LogP contribution in [0.3, 0.4) is 0 Å². The van der Waals surface area contributed by atoms with Crippen molar-refractivity contribution in [2.75, 3.05) is 19.1 Å². The van der Waals surface area contributed by atoms with E-state index in [9.17, 15) is 4.79 Å². The third-order valence-corrected chi connectivity index (χ3v) is 4.17. The van der Waals surface area contributed by atoms with Gasteiger partial charge in [0.15, 0.2) is 5.69 Å². The Morgan fingerprint density at radius 2 is 1.88 bits per heavy atom. The second-order valence-electron chi connectivity index (χ2n) is 6.28. The van der Waals surface area contributed by atoms with E-state index < -0.39 is 0 Å². The van der Waals surface area contributed by atoms with Crippen molar-refractivity contribution in [2.24, 2.45) is 0 Å². The molecule has 0 bridgehead atoms. The summed E-state index contributed by atoms with van der Waals surface area (Å²) in [6.45, 7) is 4.17. The molecule has 0 N–H and O–H groups in total. The van der Waals surface area contributed by atoms with E-state index in [1.54, 1.807) is 32.5 Å². The second-order valence-corrected chi connectivity index (χ2v) is 6.28. The van der Waals surface area contributed by atoms with Crippen LogP contribution in [0.5, 0.6) is 5.88 Å². The molecular weight excluding hydrogens is 328 g/mol. The van der Waals surface area contributed by atoms with Gasteiger partial charge in [-0.1, -0.05) is 32.0 Å². The first-order valence-corrected chi connectivity index (χ1v) is 8.44. The van der Waals surface area contributed by atoms with E-state index in [4.69, 9.17) is 4.74 Å². The molecule has 6 nitrogen and oxygen atoms in total. The van der Waals surface area contributed by atoms with Crippen LogP contribution in [-0.2, 0) is 0 Å². The molecule has 1 amide bonds. The predicted octanol–water partition coefficient (Wildman–Crippen LogP) is 3.68. The Balaban J connectivity index is 1.94. The average Bonchev–Trinajstić information content (AvgIpc) is 3.13. The minimum Gasteiger partial charge on any atom is -0.481 e. The molecule has 0 aliphatic carbocycles. The molecule has 0 aliphatic heterocycles. The van der Waals surface area contributed by atoms with E-state index in [1.165, 1.54) is 4.90 Å². The second kappa shape index (κ2) is 7.39. The fraction of sp³-hybridized carbons (Fsp3) is 0.250. The number of aromatic nitrogens is 3. The summed E-state index contributed by atoms with van der Waals surface area (Å²) < 4.78 is 6.89. The van der Waals surface area contributed by atoms with E-state index in [0.717, 1.165) is 11.4 Å². The van der Waals surface area contributed by atoms with Crippen LogP contribution >= 0.6 is 0 Å². The Morgan fingerprint density at radius 3 is 2.46 bits per heavy atom. The number of pyridine rings is 1. The Morgan fingerprint density at radius 1 is 1.15 bits per heavy atom. The maximum atomic E-state index is 12.9. The number of amides is 1. The highest BCUT2D eigenvalue weighted by Gasteiger charge is 2.21. The first kappa shape index (κ1) is 17.7. The zero-order valence-electron chi connectivity index (χ0n) is 15.4. The smallest absolute Gasteiger partial charge is 0.278 e. The van der Waals surface area contributed by atoms with Gasteiger partial charge in [-0.3, -0.25) is 4.79 Å². The van der Waals surface area contributed by atoms with Crippen molar-refractivity contribution in [3.8, 4) is 11.6 Å². The highest BCUT2D eigenvalue weighted by atomic mass is 16.5. The zero-order chi connectivity index (χ0) is 18.7. The number of hydrogen-bond acceptors (Lipinski definition) is 4. The summed E-state index contributed by atoms with van der Waals surface area (Å²) in [5, 5.41) is 4.56. The van der Waals surface area contributed by atoms with E-state index in [1.807, 2.05) is 41.1 Å². The molecule has 0 spiro atoms. The average molecular weight is 350 g/mol. The van der Waals surface area contributed by atoms with Gasteiger partial charge in [0, 0.05) is 18.8 Å². The fourth-order valence-electron chi connectivity index (χ4n) is 2.67. The van der Waals surface area contributed by atoms with Gasteiger partial charge in [0.1, 0.15) is 0 Å². The summed E-state index contributed by atoms with van der Waals surface area (Å²) >= 11 is 0. The molecule has 1 aromatic carbocycles. The van der Waals surface area contributed by atoms with Crippen LogP contribution in [0.25, 0.3) is 5.69 Å². The van der Waals surface area contributed by atoms with Crippen LogP contribution in [-0.4, -0.2) is 34.8 Å². The van der Waals surface area contributed by atoms with Crippen molar-refractivity contribution in [1.82, 2.24) is 14.8 Å². The molecule has 3 rings (SSSR count). The summed E-state index contributed by atoms with van der Waals surface area (Å²) in [5.74, 6) is 0.552. The number of anilines is 1. The topological polar surface area (TPSA) is 60.2 Å². The third-order valence-electron chi connectivity index (χ3n) is 4.17. The number of ether oxygens (including phenoxy) is 1. The van der Waals surface area contributed by atoms with Gasteiger partial charge in [0.2, 0.25) is 5.88 Å². The predicted molar refractivity (Wildman–Crippen MR) is 101 cm³/mol. The highest BCUT2D eigenvalue weighted by Crippen LogP contribution is 2.22. The number of nitrogens with zero attached hydrogens (tertiary/aromatic N) is 4. The lowest BCUT2D eigenvalue weighted by atomic mass is 10.1. The molecule has 0 fully saturated rings. The van der Waals surface area contributed by atoms with Crippen LogP contribution in [0.4, 0.5) is 5.69 Å². The Kier molecular flexibility index (Phi) is 5.02. The molecule has 3 aromatic rings. The number of rotatable bonds is 5. The fourth-order valence-corrected chi connectivity index (χ4v) is 2.67. The standard InChI is InChI=1S/C20H22N4O2/c1-14(2)18-12-17(22-24(18)15-8-6-5-7-9-15)20(25)23(3)16-10-11-19(26-4)21-13-16/h5-14H,1-4H3. The maximum absolute atomic E-state index is 12.9. The molecule has 2 heterocycles. The summed E-state index contributed by atoms with van der Waals surface area (Å²) in [6.07, 6.45) is 1.61. The Bertz CT molecular complexity index is 886. The molecular formula is C20H22N4O2. The van der Waals surface area contributed by atoms with Crippen LogP contribution < -0.4 is 9.64 Å². The summed E-state index contributed by atoms with van der Waals surface area (Å²) in [4.78, 5) is 18.6. The zero-order valence-corrected chi connectivity index (χ0v) is 15.4. The molecule has 26 heavy (non-hydrogen) atoms. The van der Waals surface area contributed by atoms with Gasteiger partial charge in [0.25, 0.3) is 5.91 Å². The molecule has 2 aromatic heterocycles. The minimum absolute atomic E-state index is 0.187. The number of benzene rings is 1. The van der Waals surface area contributed by atoms with E-state index >= 15 is 0 Å². The molecule has 134 valence electrons. The SMILES string of the molecule is COc1ccc(N(C)C(=O)c2cc(C(C)C)n(-c3ccccc3)n2)cn1. The molecule has 0 atom stereocenters. The van der Waals surface area contributed by atoms with Gasteiger partial charge in [-0.2, -0.15) is 5.10 Å². The van der Waals surface area contributed by atoms with Crippen LogP contribution in [0.15, 0.2) is 54.7 Å². The highest BCUT2D eigenvalue weighted by molar-refractivity contribution is 6.04. The lowest BCUT2D eigenvalue weighted by Crippen LogP contribution is -2.26. The van der Waals surface area contributed by atoms with Crippen LogP contribution in [0.1, 0.15) is 35.9 Å². The Labute approximate surface area is 153 Å². The van der Waals surface area contributed by atoms with Gasteiger partial charge < -0.3 is 9.64 Å². The third kappa shape index (κ3) is 3.44. The Hall–Kier alpha value is -3.15. The number of carbonyl (C=O) groups is 1. The number of methoxy groups -OCH3 is 1. The van der Waals surface area contributed by atoms with E-state index in [0.29, 0.717) is 17.3 Å². The molecule has 0 saturated carbocycles. The first-order valence-electron chi connectivity index (χ1n) is 8.44. The molecule has 0 unspecified atom stereocenters. The molecule has 6 heteroatoms. The molecule has 0 saturated heterocycles. The quantitative estimate of drug-likeness (QED) is 0.704. The van der Waals surface area contributed by atoms with Crippen molar-refractivity contribution < 1.29 is 9.53 Å². The van der Waals surface area contributed by atoms with Crippen LogP contribution in [0.2, 0.25) is 0 Å². The van der Waals surface area contributed by atoms with Gasteiger partial charge in [0.05, 0.1) is 24.7 Å². The first-order chi connectivity index (χ1) is 12.5. The molecule has 0 aliphatic rings. The van der Waals surface area contributed by atoms with Crippen LogP contribution in [0, 0.1) is 0 Å². The molecule has 0 radical (unpaired) electrons. The van der Waals surface area contributed by atoms with Gasteiger partial charge >= 0.3 is 0 Å². The lowest BCUT2D eigenvalue weighted by Gasteiger charge is -2.15.